The van der Waals surface area contributed by atoms with Crippen molar-refractivity contribution in [2.45, 2.75) is 51.2 Å². The minimum Gasteiger partial charge on any atom is -0.355 e. The van der Waals surface area contributed by atoms with Crippen LogP contribution in [0.3, 0.4) is 0 Å². The predicted octanol–water partition coefficient (Wildman–Crippen LogP) is 7.17. The van der Waals surface area contributed by atoms with Gasteiger partial charge in [0.15, 0.2) is 0 Å². The van der Waals surface area contributed by atoms with Crippen molar-refractivity contribution in [3.63, 3.8) is 0 Å². The average molecular weight is 576 g/mol. The second-order valence-electron chi connectivity index (χ2n) is 9.86. The van der Waals surface area contributed by atoms with Crippen molar-refractivity contribution < 1.29 is 4.79 Å². The Morgan fingerprint density at radius 2 is 1.65 bits per heavy atom. The van der Waals surface area contributed by atoms with Crippen LogP contribution in [0.1, 0.15) is 43.2 Å². The van der Waals surface area contributed by atoms with Crippen LogP contribution in [0.4, 0.5) is 11.8 Å². The summed E-state index contributed by atoms with van der Waals surface area (Å²) in [5.74, 6) is 1.55. The summed E-state index contributed by atoms with van der Waals surface area (Å²) in [5.41, 5.74) is 3.29. The lowest BCUT2D eigenvalue weighted by molar-refractivity contribution is -0.121. The molecule has 1 atom stereocenters. The maximum absolute atomic E-state index is 13.5. The Morgan fingerprint density at radius 1 is 0.875 bits per heavy atom. The van der Waals surface area contributed by atoms with Gasteiger partial charge in [0.1, 0.15) is 17.7 Å². The maximum Gasteiger partial charge on any atom is 0.246 e. The van der Waals surface area contributed by atoms with Crippen molar-refractivity contribution in [2.24, 2.45) is 0 Å². The third kappa shape index (κ3) is 7.87. The summed E-state index contributed by atoms with van der Waals surface area (Å²) in [6, 6.07) is 20.3. The van der Waals surface area contributed by atoms with Crippen molar-refractivity contribution in [2.75, 3.05) is 10.6 Å². The van der Waals surface area contributed by atoms with Crippen molar-refractivity contribution in [1.29, 1.82) is 0 Å². The third-order valence-corrected chi connectivity index (χ3v) is 7.27. The number of carbonyl (C=O) groups excluding carboxylic acids is 1. The van der Waals surface area contributed by atoms with E-state index in [1.165, 1.54) is 12.0 Å². The van der Waals surface area contributed by atoms with Gasteiger partial charge in [0.05, 0.1) is 0 Å². The quantitative estimate of drug-likeness (QED) is 0.175. The number of nitrogens with one attached hydrogen (secondary N) is 3. The Balaban J connectivity index is 1.39. The van der Waals surface area contributed by atoms with E-state index in [2.05, 4.69) is 22.0 Å². The lowest BCUT2D eigenvalue weighted by atomic mass is 9.93. The highest BCUT2D eigenvalue weighted by Crippen LogP contribution is 2.24. The van der Waals surface area contributed by atoms with Gasteiger partial charge in [-0.1, -0.05) is 65.5 Å². The maximum atomic E-state index is 13.5. The predicted molar refractivity (Wildman–Crippen MR) is 162 cm³/mol. The van der Waals surface area contributed by atoms with Crippen LogP contribution in [-0.2, 0) is 17.9 Å². The summed E-state index contributed by atoms with van der Waals surface area (Å²) in [4.78, 5) is 22.9. The molecule has 0 bridgehead atoms. The summed E-state index contributed by atoms with van der Waals surface area (Å²) in [7, 11) is 0. The number of hydrogen-bond acceptors (Lipinski definition) is 5. The average Bonchev–Trinajstić information content (AvgIpc) is 3.51. The highest BCUT2D eigenvalue weighted by molar-refractivity contribution is 6.30. The second kappa shape index (κ2) is 13.5. The molecule has 1 saturated carbocycles. The van der Waals surface area contributed by atoms with Crippen LogP contribution in [0.2, 0.25) is 10.0 Å². The van der Waals surface area contributed by atoms with E-state index < -0.39 is 6.04 Å². The van der Waals surface area contributed by atoms with Gasteiger partial charge in [-0.3, -0.25) is 4.79 Å². The molecule has 1 amide bonds. The van der Waals surface area contributed by atoms with E-state index in [0.29, 0.717) is 40.7 Å². The van der Waals surface area contributed by atoms with E-state index in [4.69, 9.17) is 33.2 Å². The van der Waals surface area contributed by atoms with Crippen molar-refractivity contribution in [3.05, 3.63) is 112 Å². The zero-order chi connectivity index (χ0) is 27.7. The monoisotopic (exact) mass is 574 g/mol. The van der Waals surface area contributed by atoms with Crippen molar-refractivity contribution in [1.82, 2.24) is 19.9 Å². The molecule has 1 aliphatic rings. The second-order valence-corrected chi connectivity index (χ2v) is 10.7. The molecule has 40 heavy (non-hydrogen) atoms. The van der Waals surface area contributed by atoms with Gasteiger partial charge in [-0.05, 0) is 73.2 Å². The van der Waals surface area contributed by atoms with Gasteiger partial charge >= 0.3 is 0 Å². The standard InChI is InChI=1S/C31H32Cl2N6O/c32-25-13-11-23(12-14-25)20-34-30(40)27(18-22-7-2-1-3-8-22)36-28-19-29(39-15-4-5-16-39)38-31(37-28)35-21-24-9-6-10-26(33)17-24/h4-6,9-19,27H,1-3,7-8,20-21H2,(H,34,40)(H2,35,36,37,38). The molecule has 1 unspecified atom stereocenters. The lowest BCUT2D eigenvalue weighted by Crippen LogP contribution is -2.38. The van der Waals surface area contributed by atoms with Crippen molar-refractivity contribution >= 4 is 40.9 Å². The molecule has 4 aromatic rings. The first-order chi connectivity index (χ1) is 19.5. The molecule has 0 spiro atoms. The molecular weight excluding hydrogens is 543 g/mol. The van der Waals surface area contributed by atoms with Gasteiger partial charge in [0.25, 0.3) is 0 Å². The molecule has 3 N–H and O–H groups in total. The number of amides is 1. The number of hydrogen-bond donors (Lipinski definition) is 3. The molecule has 1 aliphatic carbocycles. The minimum atomic E-state index is -0.589. The fourth-order valence-corrected chi connectivity index (χ4v) is 5.03. The number of carbonyl (C=O) groups is 1. The van der Waals surface area contributed by atoms with E-state index in [1.54, 1.807) is 0 Å². The molecule has 2 aromatic carbocycles. The normalized spacial score (nSPS) is 13.9. The Labute approximate surface area is 244 Å². The first kappa shape index (κ1) is 27.7. The summed E-state index contributed by atoms with van der Waals surface area (Å²) in [6.45, 7) is 0.909. The van der Waals surface area contributed by atoms with Crippen molar-refractivity contribution in [3.8, 4) is 5.82 Å². The van der Waals surface area contributed by atoms with E-state index in [1.807, 2.05) is 83.7 Å². The summed E-state index contributed by atoms with van der Waals surface area (Å²) >= 11 is 12.2. The Morgan fingerprint density at radius 3 is 2.40 bits per heavy atom. The SMILES string of the molecule is O=C(NCc1ccc(Cl)cc1)C(C=C1CCCCC1)Nc1cc(-n2cccc2)nc(NCc2cccc(Cl)c2)n1. The number of halogens is 2. The molecule has 7 nitrogen and oxygen atoms in total. The van der Waals surface area contributed by atoms with Gasteiger partial charge in [0.2, 0.25) is 11.9 Å². The fourth-order valence-electron chi connectivity index (χ4n) is 4.69. The number of allylic oxidation sites excluding steroid dienone is 1. The summed E-state index contributed by atoms with van der Waals surface area (Å²) in [5, 5.41) is 11.1. The third-order valence-electron chi connectivity index (χ3n) is 6.79. The number of rotatable bonds is 10. The summed E-state index contributed by atoms with van der Waals surface area (Å²) < 4.78 is 1.91. The molecule has 206 valence electrons. The van der Waals surface area contributed by atoms with E-state index in [9.17, 15) is 4.79 Å². The number of nitrogens with zero attached hydrogens (tertiary/aromatic N) is 3. The number of anilines is 2. The van der Waals surface area contributed by atoms with Gasteiger partial charge in [-0.15, -0.1) is 0 Å². The van der Waals surface area contributed by atoms with Gasteiger partial charge in [-0.2, -0.15) is 9.97 Å². The number of benzene rings is 2. The Bertz CT molecular complexity index is 1450. The first-order valence-electron chi connectivity index (χ1n) is 13.5. The van der Waals surface area contributed by atoms with Crippen LogP contribution in [0.25, 0.3) is 5.82 Å². The molecule has 2 heterocycles. The molecule has 0 radical (unpaired) electrons. The van der Waals surface area contributed by atoms with Crippen LogP contribution in [0, 0.1) is 0 Å². The topological polar surface area (TPSA) is 83.9 Å². The van der Waals surface area contributed by atoms with Crippen LogP contribution < -0.4 is 16.0 Å². The molecule has 2 aromatic heterocycles. The van der Waals surface area contributed by atoms with Crippen LogP contribution in [0.5, 0.6) is 0 Å². The smallest absolute Gasteiger partial charge is 0.246 e. The molecule has 0 aliphatic heterocycles. The molecule has 9 heteroatoms. The molecular formula is C31H32Cl2N6O. The molecule has 5 rings (SSSR count). The van der Waals surface area contributed by atoms with E-state index in [-0.39, 0.29) is 5.91 Å². The van der Waals surface area contributed by atoms with Crippen LogP contribution in [-0.4, -0.2) is 26.5 Å². The molecule has 1 fully saturated rings. The van der Waals surface area contributed by atoms with Gasteiger partial charge in [0, 0.05) is 41.6 Å². The zero-order valence-corrected chi connectivity index (χ0v) is 23.6. The highest BCUT2D eigenvalue weighted by Gasteiger charge is 2.20. The zero-order valence-electron chi connectivity index (χ0n) is 22.1. The summed E-state index contributed by atoms with van der Waals surface area (Å²) in [6.07, 6.45) is 11.4. The highest BCUT2D eigenvalue weighted by atomic mass is 35.5. The van der Waals surface area contributed by atoms with Crippen LogP contribution >= 0.6 is 23.2 Å². The van der Waals surface area contributed by atoms with Gasteiger partial charge < -0.3 is 20.5 Å². The lowest BCUT2D eigenvalue weighted by Gasteiger charge is -2.21. The first-order valence-corrected chi connectivity index (χ1v) is 14.3. The molecule has 0 saturated heterocycles. The fraction of sp³-hybridized carbons (Fsp3) is 0.258. The largest absolute Gasteiger partial charge is 0.355 e. The van der Waals surface area contributed by atoms with Crippen LogP contribution in [0.15, 0.2) is 90.8 Å². The van der Waals surface area contributed by atoms with Gasteiger partial charge in [-0.25, -0.2) is 0 Å². The Hall–Kier alpha value is -3.81. The van der Waals surface area contributed by atoms with E-state index in [0.717, 1.165) is 36.8 Å². The van der Waals surface area contributed by atoms with E-state index >= 15 is 0 Å². The Kier molecular flexibility index (Phi) is 9.37. The number of aromatic nitrogens is 3. The minimum absolute atomic E-state index is 0.123.